The van der Waals surface area contributed by atoms with E-state index in [1.165, 1.54) is 12.1 Å². The van der Waals surface area contributed by atoms with Gasteiger partial charge in [-0.1, -0.05) is 6.07 Å². The number of nitro groups is 1. The molecule has 0 aliphatic heterocycles. The number of ketones is 1. The van der Waals surface area contributed by atoms with Crippen molar-refractivity contribution in [1.82, 2.24) is 4.57 Å². The molecule has 1 aromatic heterocycles. The minimum absolute atomic E-state index is 0.0317. The van der Waals surface area contributed by atoms with Crippen molar-refractivity contribution in [2.24, 2.45) is 0 Å². The number of esters is 1. The van der Waals surface area contributed by atoms with Crippen molar-refractivity contribution in [3.63, 3.8) is 0 Å². The summed E-state index contributed by atoms with van der Waals surface area (Å²) in [5.41, 5.74) is 2.46. The van der Waals surface area contributed by atoms with Crippen molar-refractivity contribution in [3.8, 4) is 0 Å². The lowest BCUT2D eigenvalue weighted by molar-refractivity contribution is -0.385. The number of ether oxygens (including phenoxy) is 2. The Morgan fingerprint density at radius 2 is 1.89 bits per heavy atom. The highest BCUT2D eigenvalue weighted by atomic mass is 16.6. The Morgan fingerprint density at radius 1 is 1.21 bits per heavy atom. The summed E-state index contributed by atoms with van der Waals surface area (Å²) in [7, 11) is 1.62. The summed E-state index contributed by atoms with van der Waals surface area (Å²) in [4.78, 5) is 35.2. The van der Waals surface area contributed by atoms with Gasteiger partial charge in [-0.2, -0.15) is 0 Å². The van der Waals surface area contributed by atoms with E-state index in [1.807, 2.05) is 25.3 Å². The van der Waals surface area contributed by atoms with E-state index in [9.17, 15) is 19.7 Å². The SMILES string of the molecule is COC[C@H](C)n1c(C)cc(C(=O)COC(=O)c2ccc(C)c([N+](=O)[O-])c2)c1C. The second-order valence-corrected chi connectivity index (χ2v) is 6.72. The van der Waals surface area contributed by atoms with E-state index in [0.29, 0.717) is 17.7 Å². The molecule has 0 saturated carbocycles. The fraction of sp³-hybridized carbons (Fsp3) is 0.400. The highest BCUT2D eigenvalue weighted by Gasteiger charge is 2.21. The summed E-state index contributed by atoms with van der Waals surface area (Å²) < 4.78 is 12.3. The number of nitrogens with zero attached hydrogens (tertiary/aromatic N) is 2. The van der Waals surface area contributed by atoms with E-state index in [2.05, 4.69) is 0 Å². The molecule has 0 saturated heterocycles. The van der Waals surface area contributed by atoms with Gasteiger partial charge in [0.05, 0.1) is 23.1 Å². The van der Waals surface area contributed by atoms with Crippen molar-refractivity contribution in [1.29, 1.82) is 0 Å². The number of Topliss-reactive ketones (excluding diaryl/α,β-unsaturated/α-hetero) is 1. The first-order valence-corrected chi connectivity index (χ1v) is 8.80. The van der Waals surface area contributed by atoms with Gasteiger partial charge in [-0.3, -0.25) is 14.9 Å². The van der Waals surface area contributed by atoms with Crippen LogP contribution in [0.3, 0.4) is 0 Å². The third-order valence-electron chi connectivity index (χ3n) is 4.61. The van der Waals surface area contributed by atoms with Crippen LogP contribution in [0.15, 0.2) is 24.3 Å². The smallest absolute Gasteiger partial charge is 0.338 e. The molecule has 2 rings (SSSR count). The molecule has 150 valence electrons. The molecule has 0 fully saturated rings. The van der Waals surface area contributed by atoms with Gasteiger partial charge < -0.3 is 14.0 Å². The molecule has 0 aliphatic rings. The van der Waals surface area contributed by atoms with Crippen molar-refractivity contribution < 1.29 is 24.0 Å². The molecule has 0 unspecified atom stereocenters. The Balaban J connectivity index is 2.12. The van der Waals surface area contributed by atoms with Crippen LogP contribution in [-0.4, -0.2) is 41.6 Å². The minimum atomic E-state index is -0.780. The lowest BCUT2D eigenvalue weighted by Crippen LogP contribution is -2.17. The highest BCUT2D eigenvalue weighted by Crippen LogP contribution is 2.22. The molecule has 8 nitrogen and oxygen atoms in total. The average molecular weight is 388 g/mol. The van der Waals surface area contributed by atoms with E-state index in [0.717, 1.165) is 17.5 Å². The van der Waals surface area contributed by atoms with Crippen LogP contribution in [-0.2, 0) is 9.47 Å². The number of rotatable bonds is 8. The van der Waals surface area contributed by atoms with Gasteiger partial charge in [0.15, 0.2) is 6.61 Å². The lowest BCUT2D eigenvalue weighted by atomic mass is 10.1. The van der Waals surface area contributed by atoms with Crippen LogP contribution in [0.1, 0.15) is 50.6 Å². The summed E-state index contributed by atoms with van der Waals surface area (Å²) in [5.74, 6) is -1.11. The number of hydrogen-bond donors (Lipinski definition) is 0. The van der Waals surface area contributed by atoms with Gasteiger partial charge in [0.25, 0.3) is 5.69 Å². The number of carbonyl (C=O) groups is 2. The third-order valence-corrected chi connectivity index (χ3v) is 4.61. The van der Waals surface area contributed by atoms with Crippen LogP contribution in [0.4, 0.5) is 5.69 Å². The molecule has 0 bridgehead atoms. The number of carbonyl (C=O) groups excluding carboxylic acids is 2. The number of nitro benzene ring substituents is 1. The maximum Gasteiger partial charge on any atom is 0.338 e. The van der Waals surface area contributed by atoms with Crippen LogP contribution >= 0.6 is 0 Å². The number of aryl methyl sites for hydroxylation is 2. The van der Waals surface area contributed by atoms with Gasteiger partial charge in [-0.15, -0.1) is 0 Å². The minimum Gasteiger partial charge on any atom is -0.454 e. The van der Waals surface area contributed by atoms with Gasteiger partial charge >= 0.3 is 5.97 Å². The standard InChI is InChI=1S/C20H24N2O6/c1-12-6-7-16(9-18(12)22(25)26)20(24)28-11-19(23)17-8-13(2)21(15(17)4)14(3)10-27-5/h6-9,14H,10-11H2,1-5H3/t14-/m0/s1. The highest BCUT2D eigenvalue weighted by molar-refractivity contribution is 6.00. The first-order chi connectivity index (χ1) is 13.2. The number of aromatic nitrogens is 1. The fourth-order valence-electron chi connectivity index (χ4n) is 3.28. The predicted molar refractivity (Wildman–Crippen MR) is 103 cm³/mol. The first-order valence-electron chi connectivity index (χ1n) is 8.80. The normalized spacial score (nSPS) is 11.9. The fourth-order valence-corrected chi connectivity index (χ4v) is 3.28. The Hall–Kier alpha value is -3.00. The zero-order valence-electron chi connectivity index (χ0n) is 16.6. The van der Waals surface area contributed by atoms with E-state index >= 15 is 0 Å². The molecule has 0 aliphatic carbocycles. The maximum absolute atomic E-state index is 12.5. The van der Waals surface area contributed by atoms with E-state index in [-0.39, 0.29) is 23.1 Å². The number of benzene rings is 1. The van der Waals surface area contributed by atoms with Gasteiger partial charge in [0.2, 0.25) is 5.78 Å². The van der Waals surface area contributed by atoms with Gasteiger partial charge in [-0.05, 0) is 39.8 Å². The number of methoxy groups -OCH3 is 1. The molecular weight excluding hydrogens is 364 g/mol. The van der Waals surface area contributed by atoms with Crippen molar-refractivity contribution in [2.45, 2.75) is 33.7 Å². The Kier molecular flexibility index (Phi) is 6.69. The summed E-state index contributed by atoms with van der Waals surface area (Å²) in [6.45, 7) is 7.36. The molecule has 1 atom stereocenters. The lowest BCUT2D eigenvalue weighted by Gasteiger charge is -2.17. The van der Waals surface area contributed by atoms with Crippen LogP contribution < -0.4 is 0 Å². The predicted octanol–water partition coefficient (Wildman–Crippen LogP) is 3.57. The van der Waals surface area contributed by atoms with Crippen LogP contribution in [0.2, 0.25) is 0 Å². The molecule has 2 aromatic rings. The molecule has 0 spiro atoms. The van der Waals surface area contributed by atoms with E-state index < -0.39 is 17.5 Å². The molecule has 1 heterocycles. The molecule has 28 heavy (non-hydrogen) atoms. The van der Waals surface area contributed by atoms with Gasteiger partial charge in [0.1, 0.15) is 0 Å². The van der Waals surface area contributed by atoms with Crippen LogP contribution in [0.25, 0.3) is 0 Å². The molecule has 0 amide bonds. The molecular formula is C20H24N2O6. The second kappa shape index (κ2) is 8.79. The third kappa shape index (κ3) is 4.45. The van der Waals surface area contributed by atoms with Crippen LogP contribution in [0, 0.1) is 30.9 Å². The summed E-state index contributed by atoms with van der Waals surface area (Å²) >= 11 is 0. The maximum atomic E-state index is 12.5. The molecule has 0 N–H and O–H groups in total. The van der Waals surface area contributed by atoms with Gasteiger partial charge in [0, 0.05) is 35.7 Å². The Labute approximate surface area is 163 Å². The first kappa shape index (κ1) is 21.3. The van der Waals surface area contributed by atoms with Gasteiger partial charge in [-0.25, -0.2) is 4.79 Å². The van der Waals surface area contributed by atoms with Crippen LogP contribution in [0.5, 0.6) is 0 Å². The van der Waals surface area contributed by atoms with Crippen molar-refractivity contribution in [3.05, 3.63) is 62.5 Å². The zero-order valence-corrected chi connectivity index (χ0v) is 16.6. The topological polar surface area (TPSA) is 101 Å². The Morgan fingerprint density at radius 3 is 2.50 bits per heavy atom. The molecule has 0 radical (unpaired) electrons. The summed E-state index contributed by atoms with van der Waals surface area (Å²) in [6, 6.07) is 5.88. The summed E-state index contributed by atoms with van der Waals surface area (Å²) in [6.07, 6.45) is 0. The van der Waals surface area contributed by atoms with E-state index in [4.69, 9.17) is 9.47 Å². The summed E-state index contributed by atoms with van der Waals surface area (Å²) in [5, 5.41) is 11.0. The van der Waals surface area contributed by atoms with Crippen molar-refractivity contribution in [2.75, 3.05) is 20.3 Å². The molecule has 1 aromatic carbocycles. The molecule has 8 heteroatoms. The Bertz CT molecular complexity index is 916. The monoisotopic (exact) mass is 388 g/mol. The second-order valence-electron chi connectivity index (χ2n) is 6.72. The van der Waals surface area contributed by atoms with E-state index in [1.54, 1.807) is 20.1 Å². The quantitative estimate of drug-likeness (QED) is 0.297. The number of hydrogen-bond acceptors (Lipinski definition) is 6. The van der Waals surface area contributed by atoms with Crippen molar-refractivity contribution >= 4 is 17.4 Å². The average Bonchev–Trinajstić information content (AvgIpc) is 2.94. The zero-order chi connectivity index (χ0) is 21.0. The largest absolute Gasteiger partial charge is 0.454 e.